The summed E-state index contributed by atoms with van der Waals surface area (Å²) in [6, 6.07) is 5.95. The monoisotopic (exact) mass is 307 g/mol. The topological polar surface area (TPSA) is 39.2 Å². The van der Waals surface area contributed by atoms with Crippen molar-refractivity contribution < 1.29 is 13.9 Å². The average Bonchev–Trinajstić information content (AvgIpc) is 2.42. The van der Waals surface area contributed by atoms with E-state index in [1.165, 1.54) is 24.5 Å². The number of hydrogen-bond donors (Lipinski definition) is 0. The van der Waals surface area contributed by atoms with Gasteiger partial charge < -0.3 is 4.74 Å². The summed E-state index contributed by atoms with van der Waals surface area (Å²) in [5.41, 5.74) is 0.562. The van der Waals surface area contributed by atoms with E-state index in [4.69, 9.17) is 16.3 Å². The minimum atomic E-state index is -0.488. The predicted octanol–water partition coefficient (Wildman–Crippen LogP) is 4.09. The summed E-state index contributed by atoms with van der Waals surface area (Å²) in [5.74, 6) is -0.238. The molecule has 0 amide bonds. The van der Waals surface area contributed by atoms with Crippen LogP contribution in [-0.4, -0.2) is 16.9 Å². The van der Waals surface area contributed by atoms with E-state index in [-0.39, 0.29) is 28.9 Å². The molecule has 21 heavy (non-hydrogen) atoms. The minimum Gasteiger partial charge on any atom is -0.489 e. The number of hydrogen-bond acceptors (Lipinski definition) is 3. The van der Waals surface area contributed by atoms with E-state index < -0.39 is 5.82 Å². The summed E-state index contributed by atoms with van der Waals surface area (Å²) in [5, 5.41) is 0.242. The summed E-state index contributed by atoms with van der Waals surface area (Å²) >= 11 is 5.93. The molecule has 1 aromatic carbocycles. The zero-order chi connectivity index (χ0) is 15.4. The maximum Gasteiger partial charge on any atom is 0.169 e. The van der Waals surface area contributed by atoms with Gasteiger partial charge in [0.1, 0.15) is 11.6 Å². The third kappa shape index (κ3) is 4.02. The number of aromatic nitrogens is 1. The molecule has 0 aliphatic carbocycles. The molecule has 2 aromatic rings. The summed E-state index contributed by atoms with van der Waals surface area (Å²) in [7, 11) is 0. The van der Waals surface area contributed by atoms with Crippen LogP contribution in [0.5, 0.6) is 5.75 Å². The molecule has 5 heteroatoms. The van der Waals surface area contributed by atoms with E-state index >= 15 is 0 Å². The van der Waals surface area contributed by atoms with Gasteiger partial charge in [0.15, 0.2) is 5.78 Å². The molecule has 110 valence electrons. The maximum absolute atomic E-state index is 13.7. The van der Waals surface area contributed by atoms with E-state index in [1.54, 1.807) is 12.1 Å². The van der Waals surface area contributed by atoms with Crippen LogP contribution in [0.4, 0.5) is 4.39 Å². The van der Waals surface area contributed by atoms with Crippen LogP contribution in [0, 0.1) is 5.82 Å². The quantitative estimate of drug-likeness (QED) is 0.781. The predicted molar refractivity (Wildman–Crippen MR) is 79.4 cm³/mol. The molecule has 1 aromatic heterocycles. The number of pyridine rings is 1. The molecule has 0 saturated carbocycles. The number of rotatable bonds is 5. The number of nitrogens with zero attached hydrogens (tertiary/aromatic N) is 1. The van der Waals surface area contributed by atoms with Gasteiger partial charge in [-0.25, -0.2) is 4.39 Å². The molecule has 0 radical (unpaired) electrons. The first-order valence-corrected chi connectivity index (χ1v) is 6.93. The van der Waals surface area contributed by atoms with E-state index in [9.17, 15) is 9.18 Å². The molecule has 0 fully saturated rings. The average molecular weight is 308 g/mol. The smallest absolute Gasteiger partial charge is 0.169 e. The van der Waals surface area contributed by atoms with Gasteiger partial charge in [-0.2, -0.15) is 0 Å². The van der Waals surface area contributed by atoms with Crippen LogP contribution in [-0.2, 0) is 6.42 Å². The van der Waals surface area contributed by atoms with Crippen molar-refractivity contribution >= 4 is 17.4 Å². The van der Waals surface area contributed by atoms with Crippen LogP contribution in [0.3, 0.4) is 0 Å². The molecule has 0 atom stereocenters. The van der Waals surface area contributed by atoms with Gasteiger partial charge in [0.05, 0.1) is 12.3 Å². The van der Waals surface area contributed by atoms with Crippen LogP contribution >= 0.6 is 11.6 Å². The fourth-order valence-corrected chi connectivity index (χ4v) is 2.10. The highest BCUT2D eigenvalue weighted by Crippen LogP contribution is 2.22. The third-order valence-electron chi connectivity index (χ3n) is 2.81. The Kier molecular flexibility index (Phi) is 4.91. The van der Waals surface area contributed by atoms with Gasteiger partial charge in [-0.15, -0.1) is 0 Å². The van der Waals surface area contributed by atoms with Crippen LogP contribution in [0.1, 0.15) is 29.8 Å². The first kappa shape index (κ1) is 15.4. The number of ether oxygens (including phenoxy) is 1. The van der Waals surface area contributed by atoms with Crippen molar-refractivity contribution in [2.75, 3.05) is 0 Å². The second-order valence-electron chi connectivity index (χ2n) is 4.88. The van der Waals surface area contributed by atoms with Gasteiger partial charge in [0, 0.05) is 28.8 Å². The van der Waals surface area contributed by atoms with Crippen molar-refractivity contribution in [2.24, 2.45) is 0 Å². The Balaban J connectivity index is 2.21. The molecule has 0 aliphatic rings. The lowest BCUT2D eigenvalue weighted by atomic mass is 10.0. The SMILES string of the molecule is CC(C)Oc1cncc(C(=O)Cc2c(F)cccc2Cl)c1. The Labute approximate surface area is 127 Å². The molecule has 0 spiro atoms. The Hall–Kier alpha value is -1.94. The normalized spacial score (nSPS) is 10.7. The fourth-order valence-electron chi connectivity index (χ4n) is 1.87. The van der Waals surface area contributed by atoms with Crippen molar-refractivity contribution in [3.63, 3.8) is 0 Å². The molecule has 0 N–H and O–H groups in total. The highest BCUT2D eigenvalue weighted by Gasteiger charge is 2.14. The van der Waals surface area contributed by atoms with Crippen LogP contribution in [0.25, 0.3) is 0 Å². The van der Waals surface area contributed by atoms with Gasteiger partial charge in [-0.3, -0.25) is 9.78 Å². The van der Waals surface area contributed by atoms with Crippen molar-refractivity contribution in [1.29, 1.82) is 0 Å². The van der Waals surface area contributed by atoms with Gasteiger partial charge in [0.2, 0.25) is 0 Å². The van der Waals surface area contributed by atoms with Gasteiger partial charge >= 0.3 is 0 Å². The second-order valence-corrected chi connectivity index (χ2v) is 5.28. The van der Waals surface area contributed by atoms with E-state index in [0.717, 1.165) is 0 Å². The number of benzene rings is 1. The number of Topliss-reactive ketones (excluding diaryl/α,β-unsaturated/α-hetero) is 1. The number of carbonyl (C=O) groups excluding carboxylic acids is 1. The first-order chi connectivity index (χ1) is 9.97. The first-order valence-electron chi connectivity index (χ1n) is 6.55. The Morgan fingerprint density at radius 2 is 2.14 bits per heavy atom. The molecule has 0 bridgehead atoms. The zero-order valence-electron chi connectivity index (χ0n) is 11.8. The van der Waals surface area contributed by atoms with Crippen LogP contribution in [0.15, 0.2) is 36.7 Å². The van der Waals surface area contributed by atoms with Crippen molar-refractivity contribution in [3.8, 4) is 5.75 Å². The number of halogens is 2. The largest absolute Gasteiger partial charge is 0.489 e. The lowest BCUT2D eigenvalue weighted by Gasteiger charge is -2.10. The van der Waals surface area contributed by atoms with Gasteiger partial charge in [-0.1, -0.05) is 17.7 Å². The standard InChI is InChI=1S/C16H15ClFNO2/c1-10(2)21-12-6-11(8-19-9-12)16(20)7-13-14(17)4-3-5-15(13)18/h3-6,8-10H,7H2,1-2H3. The van der Waals surface area contributed by atoms with E-state index in [2.05, 4.69) is 4.98 Å². The maximum atomic E-state index is 13.7. The Morgan fingerprint density at radius 3 is 2.81 bits per heavy atom. The van der Waals surface area contributed by atoms with Gasteiger partial charge in [0.25, 0.3) is 0 Å². The van der Waals surface area contributed by atoms with E-state index in [0.29, 0.717) is 11.3 Å². The molecule has 0 saturated heterocycles. The Bertz CT molecular complexity index is 638. The van der Waals surface area contributed by atoms with Gasteiger partial charge in [-0.05, 0) is 32.0 Å². The zero-order valence-corrected chi connectivity index (χ0v) is 12.5. The van der Waals surface area contributed by atoms with Crippen molar-refractivity contribution in [3.05, 3.63) is 58.6 Å². The fraction of sp³-hybridized carbons (Fsp3) is 0.250. The highest BCUT2D eigenvalue weighted by molar-refractivity contribution is 6.31. The summed E-state index contributed by atoms with van der Waals surface area (Å²) < 4.78 is 19.2. The molecule has 2 rings (SSSR count). The molecule has 0 aliphatic heterocycles. The minimum absolute atomic E-state index is 0.0156. The highest BCUT2D eigenvalue weighted by atomic mass is 35.5. The summed E-state index contributed by atoms with van der Waals surface area (Å²) in [4.78, 5) is 16.2. The third-order valence-corrected chi connectivity index (χ3v) is 3.16. The molecule has 3 nitrogen and oxygen atoms in total. The van der Waals surface area contributed by atoms with Crippen molar-refractivity contribution in [1.82, 2.24) is 4.98 Å². The van der Waals surface area contributed by atoms with Crippen LogP contribution < -0.4 is 4.74 Å². The van der Waals surface area contributed by atoms with Crippen molar-refractivity contribution in [2.45, 2.75) is 26.4 Å². The molecular formula is C16H15ClFNO2. The lowest BCUT2D eigenvalue weighted by Crippen LogP contribution is -2.09. The van der Waals surface area contributed by atoms with Crippen LogP contribution in [0.2, 0.25) is 5.02 Å². The lowest BCUT2D eigenvalue weighted by molar-refractivity contribution is 0.0990. The number of carbonyl (C=O) groups is 1. The molecule has 1 heterocycles. The summed E-state index contributed by atoms with van der Waals surface area (Å²) in [6.45, 7) is 3.77. The Morgan fingerprint density at radius 1 is 1.38 bits per heavy atom. The second kappa shape index (κ2) is 6.68. The number of ketones is 1. The molecular weight excluding hydrogens is 293 g/mol. The molecule has 0 unspecified atom stereocenters. The summed E-state index contributed by atoms with van der Waals surface area (Å²) in [6.07, 6.45) is 2.84. The van der Waals surface area contributed by atoms with E-state index in [1.807, 2.05) is 13.8 Å².